The van der Waals surface area contributed by atoms with E-state index in [2.05, 4.69) is 4.98 Å². The van der Waals surface area contributed by atoms with Gasteiger partial charge in [0.1, 0.15) is 11.3 Å². The van der Waals surface area contributed by atoms with Crippen LogP contribution in [0.5, 0.6) is 0 Å². The van der Waals surface area contributed by atoms with E-state index in [9.17, 15) is 9.59 Å². The molecular formula is C23H35BN2O6. The average Bonchev–Trinajstić information content (AvgIpc) is 2.93. The van der Waals surface area contributed by atoms with Crippen LogP contribution in [-0.4, -0.2) is 66.1 Å². The number of pyridine rings is 1. The van der Waals surface area contributed by atoms with Crippen molar-refractivity contribution in [1.82, 2.24) is 9.88 Å². The predicted octanol–water partition coefficient (Wildman–Crippen LogP) is 3.28. The zero-order valence-electron chi connectivity index (χ0n) is 20.5. The number of esters is 1. The van der Waals surface area contributed by atoms with Crippen molar-refractivity contribution in [2.24, 2.45) is 0 Å². The summed E-state index contributed by atoms with van der Waals surface area (Å²) in [5.41, 5.74) is 0.230. The molecule has 0 aliphatic carbocycles. The van der Waals surface area contributed by atoms with Crippen LogP contribution in [0.3, 0.4) is 0 Å². The monoisotopic (exact) mass is 446 g/mol. The first-order chi connectivity index (χ1) is 14.7. The molecule has 0 atom stereocenters. The fourth-order valence-electron chi connectivity index (χ4n) is 3.79. The summed E-state index contributed by atoms with van der Waals surface area (Å²) < 4.78 is 22.8. The zero-order chi connectivity index (χ0) is 23.9. The van der Waals surface area contributed by atoms with Crippen molar-refractivity contribution in [2.45, 2.75) is 84.0 Å². The Bertz CT molecular complexity index is 856. The molecule has 1 amide bonds. The summed E-state index contributed by atoms with van der Waals surface area (Å²) >= 11 is 0. The fourth-order valence-corrected chi connectivity index (χ4v) is 3.79. The van der Waals surface area contributed by atoms with Crippen LogP contribution >= 0.6 is 0 Å². The standard InChI is InChI=1S/C23H35BN2O6/c1-21(2,3)30-20(28)26-11-9-15(10-12-26)17-13-16(14-18(25-17)19(27)29-8)24-31-22(4,5)23(6,7)32-24/h13-15H,9-12H2,1-8H3. The molecule has 2 aliphatic rings. The van der Waals surface area contributed by atoms with Crippen LogP contribution < -0.4 is 5.46 Å². The maximum Gasteiger partial charge on any atom is 0.494 e. The second-order valence-electron chi connectivity index (χ2n) is 10.5. The first-order valence-corrected chi connectivity index (χ1v) is 11.2. The zero-order valence-corrected chi connectivity index (χ0v) is 20.5. The second kappa shape index (κ2) is 8.67. The Kier molecular flexibility index (Phi) is 6.64. The van der Waals surface area contributed by atoms with Crippen LogP contribution in [0.1, 0.15) is 83.4 Å². The molecule has 0 spiro atoms. The molecule has 2 saturated heterocycles. The number of likely N-dealkylation sites (tertiary alicyclic amines) is 1. The van der Waals surface area contributed by atoms with Crippen molar-refractivity contribution in [3.05, 3.63) is 23.5 Å². The van der Waals surface area contributed by atoms with Crippen LogP contribution in [0.4, 0.5) is 4.79 Å². The highest BCUT2D eigenvalue weighted by Gasteiger charge is 2.52. The van der Waals surface area contributed by atoms with E-state index in [1.807, 2.05) is 54.5 Å². The molecule has 8 nitrogen and oxygen atoms in total. The molecule has 32 heavy (non-hydrogen) atoms. The number of aromatic nitrogens is 1. The van der Waals surface area contributed by atoms with Crippen molar-refractivity contribution in [2.75, 3.05) is 20.2 Å². The lowest BCUT2D eigenvalue weighted by molar-refractivity contribution is 0.00578. The number of amides is 1. The van der Waals surface area contributed by atoms with Crippen LogP contribution in [0.2, 0.25) is 0 Å². The summed E-state index contributed by atoms with van der Waals surface area (Å²) in [4.78, 5) is 31.0. The maximum absolute atomic E-state index is 12.4. The van der Waals surface area contributed by atoms with Crippen molar-refractivity contribution in [3.8, 4) is 0 Å². The SMILES string of the molecule is COC(=O)c1cc(B2OC(C)(C)C(C)(C)O2)cc(C2CCN(C(=O)OC(C)(C)C)CC2)n1. The van der Waals surface area contributed by atoms with Gasteiger partial charge in [0.2, 0.25) is 0 Å². The molecule has 0 unspecified atom stereocenters. The number of methoxy groups -OCH3 is 1. The van der Waals surface area contributed by atoms with Gasteiger partial charge in [0, 0.05) is 24.7 Å². The number of carbonyl (C=O) groups is 2. The van der Waals surface area contributed by atoms with Crippen molar-refractivity contribution >= 4 is 24.6 Å². The second-order valence-corrected chi connectivity index (χ2v) is 10.5. The van der Waals surface area contributed by atoms with E-state index in [0.29, 0.717) is 13.1 Å². The Labute approximate surface area is 191 Å². The molecule has 0 aromatic carbocycles. The molecule has 1 aromatic heterocycles. The van der Waals surface area contributed by atoms with E-state index in [0.717, 1.165) is 24.0 Å². The van der Waals surface area contributed by atoms with E-state index in [1.54, 1.807) is 11.0 Å². The highest BCUT2D eigenvalue weighted by molar-refractivity contribution is 6.62. The lowest BCUT2D eigenvalue weighted by Crippen LogP contribution is -2.41. The molecule has 176 valence electrons. The number of carbonyl (C=O) groups excluding carboxylic acids is 2. The Balaban J connectivity index is 1.81. The number of hydrogen-bond acceptors (Lipinski definition) is 7. The number of hydrogen-bond donors (Lipinski definition) is 0. The van der Waals surface area contributed by atoms with Gasteiger partial charge in [-0.15, -0.1) is 0 Å². The van der Waals surface area contributed by atoms with Gasteiger partial charge in [0.25, 0.3) is 0 Å². The molecule has 2 fully saturated rings. The first-order valence-electron chi connectivity index (χ1n) is 11.2. The fraction of sp³-hybridized carbons (Fsp3) is 0.696. The summed E-state index contributed by atoms with van der Waals surface area (Å²) in [6.45, 7) is 14.7. The molecule has 1 aromatic rings. The third-order valence-electron chi connectivity index (χ3n) is 6.35. The average molecular weight is 446 g/mol. The van der Waals surface area contributed by atoms with Crippen LogP contribution in [-0.2, 0) is 18.8 Å². The van der Waals surface area contributed by atoms with Gasteiger partial charge in [0.15, 0.2) is 0 Å². The summed E-state index contributed by atoms with van der Waals surface area (Å²) in [6, 6.07) is 3.62. The third-order valence-corrected chi connectivity index (χ3v) is 6.35. The van der Waals surface area contributed by atoms with Crippen LogP contribution in [0, 0.1) is 0 Å². The van der Waals surface area contributed by atoms with E-state index in [1.165, 1.54) is 7.11 Å². The minimum absolute atomic E-state index is 0.0967. The van der Waals surface area contributed by atoms with Crippen molar-refractivity contribution < 1.29 is 28.4 Å². The molecule has 0 radical (unpaired) electrons. The molecule has 0 saturated carbocycles. The third kappa shape index (κ3) is 5.26. The lowest BCUT2D eigenvalue weighted by atomic mass is 9.77. The largest absolute Gasteiger partial charge is 0.494 e. The molecule has 0 N–H and O–H groups in total. The molecular weight excluding hydrogens is 411 g/mol. The van der Waals surface area contributed by atoms with Gasteiger partial charge in [-0.05, 0) is 78.9 Å². The molecule has 9 heteroatoms. The number of rotatable bonds is 3. The Morgan fingerprint density at radius 1 is 1.09 bits per heavy atom. The minimum atomic E-state index is -0.605. The van der Waals surface area contributed by atoms with Gasteiger partial charge in [-0.3, -0.25) is 0 Å². The number of ether oxygens (including phenoxy) is 2. The molecule has 2 aliphatic heterocycles. The van der Waals surface area contributed by atoms with Gasteiger partial charge in [0.05, 0.1) is 18.3 Å². The summed E-state index contributed by atoms with van der Waals surface area (Å²) in [5, 5.41) is 0. The van der Waals surface area contributed by atoms with Crippen molar-refractivity contribution in [3.63, 3.8) is 0 Å². The molecule has 3 rings (SSSR count). The number of piperidine rings is 1. The topological polar surface area (TPSA) is 87.2 Å². The predicted molar refractivity (Wildman–Crippen MR) is 121 cm³/mol. The Hall–Kier alpha value is -2.13. The van der Waals surface area contributed by atoms with Gasteiger partial charge < -0.3 is 23.7 Å². The summed E-state index contributed by atoms with van der Waals surface area (Å²) in [6.07, 6.45) is 1.14. The summed E-state index contributed by atoms with van der Waals surface area (Å²) in [5.74, 6) is -0.407. The first kappa shape index (κ1) is 24.5. The quantitative estimate of drug-likeness (QED) is 0.520. The highest BCUT2D eigenvalue weighted by Crippen LogP contribution is 2.37. The summed E-state index contributed by atoms with van der Waals surface area (Å²) in [7, 11) is 0.733. The molecule has 0 bridgehead atoms. The van der Waals surface area contributed by atoms with E-state index < -0.39 is 29.9 Å². The van der Waals surface area contributed by atoms with Gasteiger partial charge in [-0.1, -0.05) is 0 Å². The smallest absolute Gasteiger partial charge is 0.464 e. The minimum Gasteiger partial charge on any atom is -0.464 e. The Morgan fingerprint density at radius 2 is 1.66 bits per heavy atom. The van der Waals surface area contributed by atoms with Gasteiger partial charge in [-0.2, -0.15) is 0 Å². The van der Waals surface area contributed by atoms with Crippen LogP contribution in [0.15, 0.2) is 12.1 Å². The lowest BCUT2D eigenvalue weighted by Gasteiger charge is -2.33. The van der Waals surface area contributed by atoms with E-state index in [4.69, 9.17) is 18.8 Å². The van der Waals surface area contributed by atoms with Crippen molar-refractivity contribution in [1.29, 1.82) is 0 Å². The normalized spacial score (nSPS) is 20.9. The van der Waals surface area contributed by atoms with Gasteiger partial charge in [-0.25, -0.2) is 14.6 Å². The number of nitrogens with zero attached hydrogens (tertiary/aromatic N) is 2. The molecule has 3 heterocycles. The Morgan fingerprint density at radius 3 is 2.16 bits per heavy atom. The van der Waals surface area contributed by atoms with Crippen LogP contribution in [0.25, 0.3) is 0 Å². The van der Waals surface area contributed by atoms with Gasteiger partial charge >= 0.3 is 19.2 Å². The van der Waals surface area contributed by atoms with E-state index in [-0.39, 0.29) is 17.7 Å². The highest BCUT2D eigenvalue weighted by atomic mass is 16.7. The maximum atomic E-state index is 12.4. The van der Waals surface area contributed by atoms with E-state index >= 15 is 0 Å².